The van der Waals surface area contributed by atoms with Gasteiger partial charge in [-0.3, -0.25) is 4.79 Å². The van der Waals surface area contributed by atoms with Crippen molar-refractivity contribution in [1.82, 2.24) is 5.32 Å². The highest BCUT2D eigenvalue weighted by Crippen LogP contribution is 2.16. The molecule has 1 aromatic rings. The summed E-state index contributed by atoms with van der Waals surface area (Å²) in [5.74, 6) is 0.768. The SMILES string of the molecule is COc1ccccc1CNC(=O)S. The summed E-state index contributed by atoms with van der Waals surface area (Å²) in [5.41, 5.74) is 0.937. The monoisotopic (exact) mass is 197 g/mol. The van der Waals surface area contributed by atoms with Crippen molar-refractivity contribution in [2.75, 3.05) is 7.11 Å². The van der Waals surface area contributed by atoms with E-state index in [1.54, 1.807) is 7.11 Å². The molecule has 0 saturated heterocycles. The van der Waals surface area contributed by atoms with Crippen LogP contribution in [0.25, 0.3) is 0 Å². The molecule has 0 aliphatic heterocycles. The summed E-state index contributed by atoms with van der Waals surface area (Å²) in [7, 11) is 1.60. The second kappa shape index (κ2) is 4.77. The van der Waals surface area contributed by atoms with Crippen LogP contribution >= 0.6 is 12.6 Å². The third kappa shape index (κ3) is 2.99. The highest BCUT2D eigenvalue weighted by molar-refractivity contribution is 7.96. The summed E-state index contributed by atoms with van der Waals surface area (Å²) in [6, 6.07) is 7.51. The first-order chi connectivity index (χ1) is 6.24. The minimum atomic E-state index is -0.342. The zero-order valence-electron chi connectivity index (χ0n) is 7.28. The molecule has 4 heteroatoms. The fourth-order valence-corrected chi connectivity index (χ4v) is 1.10. The number of amides is 1. The molecule has 1 aromatic carbocycles. The molecule has 0 aliphatic rings. The van der Waals surface area contributed by atoms with Gasteiger partial charge in [-0.15, -0.1) is 0 Å². The van der Waals surface area contributed by atoms with E-state index >= 15 is 0 Å². The van der Waals surface area contributed by atoms with Gasteiger partial charge in [0.25, 0.3) is 5.24 Å². The number of para-hydroxylation sites is 1. The van der Waals surface area contributed by atoms with Gasteiger partial charge in [-0.05, 0) is 6.07 Å². The van der Waals surface area contributed by atoms with Gasteiger partial charge >= 0.3 is 0 Å². The number of carbonyl (C=O) groups is 1. The lowest BCUT2D eigenvalue weighted by Gasteiger charge is -2.07. The lowest BCUT2D eigenvalue weighted by molar-refractivity contribution is 0.260. The van der Waals surface area contributed by atoms with E-state index in [0.717, 1.165) is 11.3 Å². The normalized spacial score (nSPS) is 9.38. The van der Waals surface area contributed by atoms with Crippen LogP contribution in [0.1, 0.15) is 5.56 Å². The summed E-state index contributed by atoms with van der Waals surface area (Å²) in [6.45, 7) is 0.437. The van der Waals surface area contributed by atoms with Gasteiger partial charge in [0, 0.05) is 12.1 Å². The van der Waals surface area contributed by atoms with E-state index < -0.39 is 0 Å². The Balaban J connectivity index is 2.69. The molecule has 13 heavy (non-hydrogen) atoms. The maximum Gasteiger partial charge on any atom is 0.276 e. The largest absolute Gasteiger partial charge is 0.496 e. The number of ether oxygens (including phenoxy) is 1. The zero-order chi connectivity index (χ0) is 9.68. The van der Waals surface area contributed by atoms with Crippen LogP contribution in [0.15, 0.2) is 24.3 Å². The van der Waals surface area contributed by atoms with Gasteiger partial charge in [0.1, 0.15) is 5.75 Å². The molecule has 0 saturated carbocycles. The van der Waals surface area contributed by atoms with Crippen LogP contribution in [-0.4, -0.2) is 12.3 Å². The number of hydrogen-bond donors (Lipinski definition) is 2. The Kier molecular flexibility index (Phi) is 3.64. The fraction of sp³-hybridized carbons (Fsp3) is 0.222. The highest BCUT2D eigenvalue weighted by Gasteiger charge is 2.01. The Hall–Kier alpha value is -1.16. The van der Waals surface area contributed by atoms with E-state index in [0.29, 0.717) is 6.54 Å². The predicted octanol–water partition coefficient (Wildman–Crippen LogP) is 1.83. The van der Waals surface area contributed by atoms with Crippen LogP contribution in [0.2, 0.25) is 0 Å². The Labute approximate surface area is 82.5 Å². The molecule has 1 amide bonds. The molecule has 0 heterocycles. The molecule has 0 bridgehead atoms. The van der Waals surface area contributed by atoms with Gasteiger partial charge < -0.3 is 10.1 Å². The van der Waals surface area contributed by atoms with Crippen molar-refractivity contribution in [3.63, 3.8) is 0 Å². The first-order valence-corrected chi connectivity index (χ1v) is 4.27. The minimum Gasteiger partial charge on any atom is -0.496 e. The third-order valence-corrected chi connectivity index (χ3v) is 1.78. The molecular weight excluding hydrogens is 186 g/mol. The molecule has 0 radical (unpaired) electrons. The van der Waals surface area contributed by atoms with Crippen LogP contribution in [-0.2, 0) is 6.54 Å². The maximum atomic E-state index is 10.5. The van der Waals surface area contributed by atoms with Gasteiger partial charge in [-0.25, -0.2) is 0 Å². The molecular formula is C9H11NO2S. The van der Waals surface area contributed by atoms with Crippen LogP contribution < -0.4 is 10.1 Å². The maximum absolute atomic E-state index is 10.5. The van der Waals surface area contributed by atoms with Crippen molar-refractivity contribution in [2.45, 2.75) is 6.54 Å². The second-order valence-corrected chi connectivity index (χ2v) is 2.88. The number of thiol groups is 1. The predicted molar refractivity (Wildman–Crippen MR) is 54.2 cm³/mol. The van der Waals surface area contributed by atoms with Crippen LogP contribution in [0.4, 0.5) is 4.79 Å². The Morgan fingerprint density at radius 2 is 2.23 bits per heavy atom. The second-order valence-electron chi connectivity index (χ2n) is 2.47. The lowest BCUT2D eigenvalue weighted by Crippen LogP contribution is -2.15. The van der Waals surface area contributed by atoms with Gasteiger partial charge in [-0.2, -0.15) is 0 Å². The molecule has 0 unspecified atom stereocenters. The Morgan fingerprint density at radius 1 is 1.54 bits per heavy atom. The van der Waals surface area contributed by atoms with Crippen molar-refractivity contribution >= 4 is 17.9 Å². The van der Waals surface area contributed by atoms with E-state index in [-0.39, 0.29) is 5.24 Å². The number of hydrogen-bond acceptors (Lipinski definition) is 2. The summed E-state index contributed by atoms with van der Waals surface area (Å²) >= 11 is 3.60. The van der Waals surface area contributed by atoms with Crippen molar-refractivity contribution in [3.05, 3.63) is 29.8 Å². The van der Waals surface area contributed by atoms with Crippen molar-refractivity contribution in [2.24, 2.45) is 0 Å². The molecule has 0 spiro atoms. The Morgan fingerprint density at radius 3 is 2.85 bits per heavy atom. The third-order valence-electron chi connectivity index (χ3n) is 1.62. The lowest BCUT2D eigenvalue weighted by atomic mass is 10.2. The summed E-state index contributed by atoms with van der Waals surface area (Å²) in [4.78, 5) is 10.5. The zero-order valence-corrected chi connectivity index (χ0v) is 8.17. The molecule has 0 aromatic heterocycles. The van der Waals surface area contributed by atoms with Gasteiger partial charge in [0.2, 0.25) is 0 Å². The molecule has 1 N–H and O–H groups in total. The van der Waals surface area contributed by atoms with Gasteiger partial charge in [0.05, 0.1) is 7.11 Å². The van der Waals surface area contributed by atoms with Gasteiger partial charge in [-0.1, -0.05) is 30.8 Å². The number of methoxy groups -OCH3 is 1. The van der Waals surface area contributed by atoms with Crippen LogP contribution in [0.3, 0.4) is 0 Å². The van der Waals surface area contributed by atoms with Crippen LogP contribution in [0.5, 0.6) is 5.75 Å². The first kappa shape index (κ1) is 9.92. The number of carbonyl (C=O) groups excluding carboxylic acids is 1. The molecule has 0 aliphatic carbocycles. The summed E-state index contributed by atoms with van der Waals surface area (Å²) < 4.78 is 5.10. The molecule has 1 rings (SSSR count). The van der Waals surface area contributed by atoms with Gasteiger partial charge in [0.15, 0.2) is 0 Å². The summed E-state index contributed by atoms with van der Waals surface area (Å²) in [5, 5.41) is 2.24. The van der Waals surface area contributed by atoms with E-state index in [9.17, 15) is 4.79 Å². The van der Waals surface area contributed by atoms with Crippen molar-refractivity contribution in [1.29, 1.82) is 0 Å². The molecule has 3 nitrogen and oxygen atoms in total. The smallest absolute Gasteiger partial charge is 0.276 e. The molecule has 0 atom stereocenters. The van der Waals surface area contributed by atoms with E-state index in [2.05, 4.69) is 17.9 Å². The van der Waals surface area contributed by atoms with E-state index in [1.165, 1.54) is 0 Å². The number of rotatable bonds is 3. The van der Waals surface area contributed by atoms with Crippen molar-refractivity contribution in [3.8, 4) is 5.75 Å². The van der Waals surface area contributed by atoms with E-state index in [4.69, 9.17) is 4.74 Å². The standard InChI is InChI=1S/C9H11NO2S/c1-12-8-5-3-2-4-7(8)6-10-9(11)13/h2-5H,6H2,1H3,(H2,10,11,13). The molecule has 0 fully saturated rings. The van der Waals surface area contributed by atoms with Crippen LogP contribution in [0, 0.1) is 0 Å². The highest BCUT2D eigenvalue weighted by atomic mass is 32.1. The summed E-state index contributed by atoms with van der Waals surface area (Å²) in [6.07, 6.45) is 0. The first-order valence-electron chi connectivity index (χ1n) is 3.82. The number of benzene rings is 1. The quantitative estimate of drug-likeness (QED) is 0.725. The minimum absolute atomic E-state index is 0.342. The number of nitrogens with one attached hydrogen (secondary N) is 1. The topological polar surface area (TPSA) is 38.3 Å². The average molecular weight is 197 g/mol. The Bertz CT molecular complexity index is 301. The van der Waals surface area contributed by atoms with Crippen molar-refractivity contribution < 1.29 is 9.53 Å². The molecule has 70 valence electrons. The van der Waals surface area contributed by atoms with E-state index in [1.807, 2.05) is 24.3 Å². The fourth-order valence-electron chi connectivity index (χ4n) is 1.02. The average Bonchev–Trinajstić information content (AvgIpc) is 2.15.